The van der Waals surface area contributed by atoms with Crippen molar-refractivity contribution in [2.24, 2.45) is 0 Å². The van der Waals surface area contributed by atoms with Crippen molar-refractivity contribution in [2.45, 2.75) is 181 Å². The third-order valence-corrected chi connectivity index (χ3v) is 20.2. The summed E-state index contributed by atoms with van der Waals surface area (Å²) in [5.41, 5.74) is 25.9. The average molecular weight is 1050 g/mol. The topological polar surface area (TPSA) is 9.72 Å². The van der Waals surface area contributed by atoms with E-state index >= 15 is 0 Å². The quantitative estimate of drug-likeness (QED) is 0.159. The zero-order valence-corrected chi connectivity index (χ0v) is 50.7. The summed E-state index contributed by atoms with van der Waals surface area (Å²) in [7, 11) is 0. The van der Waals surface area contributed by atoms with Gasteiger partial charge >= 0.3 is 0 Å². The molecule has 0 unspecified atom stereocenters. The lowest BCUT2D eigenvalue weighted by Crippen LogP contribution is -2.62. The Balaban J connectivity index is 1.14. The molecule has 0 radical (unpaired) electrons. The van der Waals surface area contributed by atoms with Gasteiger partial charge in [-0.1, -0.05) is 184 Å². The fourth-order valence-corrected chi connectivity index (χ4v) is 15.0. The second kappa shape index (κ2) is 17.4. The first kappa shape index (κ1) is 49.1. The minimum atomic E-state index is -2.42. The second-order valence-electron chi connectivity index (χ2n) is 29.8. The molecule has 0 amide bonds. The lowest BCUT2D eigenvalue weighted by molar-refractivity contribution is 0.332. The van der Waals surface area contributed by atoms with Gasteiger partial charge in [0, 0.05) is 60.7 Å². The molecule has 0 fully saturated rings. The number of fused-ring (bicyclic) bond motifs is 9. The Hall–Kier alpha value is -6.78. The first-order chi connectivity index (χ1) is 38.8. The molecule has 3 nitrogen and oxygen atoms in total. The van der Waals surface area contributed by atoms with E-state index in [1.54, 1.807) is 0 Å². The van der Waals surface area contributed by atoms with Crippen molar-refractivity contribution in [3.63, 3.8) is 0 Å². The third kappa shape index (κ3) is 8.02. The van der Waals surface area contributed by atoms with Gasteiger partial charge in [-0.3, -0.25) is 0 Å². The SMILES string of the molecule is [2H]C([2H])([2H])c1cc2c3c(c1)N(c1ccc4c(c1)C(C)(C)CCC4(C)C)c1cc4c(cc1B3c1ccc(N(c3ccc(C(C)(C)C)cc3)c3ccc(C(C)(C)C)cc3)cc1N2c1ccc2c(c1)C(C)(C)c1ccccc1-2)C(C)(C)CCC4(C)C. The first-order valence-corrected chi connectivity index (χ1v) is 29.8. The van der Waals surface area contributed by atoms with Crippen LogP contribution in [0, 0.1) is 6.85 Å². The van der Waals surface area contributed by atoms with E-state index in [2.05, 4.69) is 265 Å². The van der Waals surface area contributed by atoms with E-state index in [-0.39, 0.29) is 44.6 Å². The van der Waals surface area contributed by atoms with Crippen LogP contribution in [0.25, 0.3) is 11.1 Å². The summed E-state index contributed by atoms with van der Waals surface area (Å²) in [6.45, 7) is 35.1. The van der Waals surface area contributed by atoms with Gasteiger partial charge in [0.1, 0.15) is 0 Å². The van der Waals surface area contributed by atoms with E-state index < -0.39 is 6.85 Å². The summed E-state index contributed by atoms with van der Waals surface area (Å²) in [5.74, 6) is 0. The van der Waals surface area contributed by atoms with Crippen LogP contribution in [-0.4, -0.2) is 6.71 Å². The summed E-state index contributed by atoms with van der Waals surface area (Å²) in [6.07, 6.45) is 4.39. The molecule has 4 heteroatoms. The van der Waals surface area contributed by atoms with Crippen LogP contribution >= 0.6 is 0 Å². The fourth-order valence-electron chi connectivity index (χ4n) is 15.0. The number of benzene rings is 8. The van der Waals surface area contributed by atoms with Crippen LogP contribution in [0.2, 0.25) is 0 Å². The average Bonchev–Trinajstić information content (AvgIpc) is 1.63. The van der Waals surface area contributed by atoms with Crippen LogP contribution in [0.5, 0.6) is 0 Å². The molecule has 2 aliphatic heterocycles. The summed E-state index contributed by atoms with van der Waals surface area (Å²) in [5, 5.41) is 0. The van der Waals surface area contributed by atoms with Gasteiger partial charge in [-0.2, -0.15) is 0 Å². The molecule has 0 spiro atoms. The van der Waals surface area contributed by atoms with Gasteiger partial charge in [0.05, 0.1) is 0 Å². The molecule has 8 aromatic carbocycles. The van der Waals surface area contributed by atoms with Gasteiger partial charge in [-0.25, -0.2) is 0 Å². The van der Waals surface area contributed by atoms with Crippen LogP contribution in [0.15, 0.2) is 152 Å². The predicted molar refractivity (Wildman–Crippen MR) is 345 cm³/mol. The molecule has 5 aliphatic rings. The van der Waals surface area contributed by atoms with E-state index in [4.69, 9.17) is 0 Å². The Morgan fingerprint density at radius 3 is 1.43 bits per heavy atom. The van der Waals surface area contributed by atoms with Crippen LogP contribution in [0.1, 0.15) is 191 Å². The molecule has 80 heavy (non-hydrogen) atoms. The van der Waals surface area contributed by atoms with Gasteiger partial charge < -0.3 is 14.7 Å². The largest absolute Gasteiger partial charge is 0.311 e. The number of hydrogen-bond acceptors (Lipinski definition) is 3. The maximum Gasteiger partial charge on any atom is 0.252 e. The van der Waals surface area contributed by atoms with Crippen molar-refractivity contribution in [1.82, 2.24) is 0 Å². The van der Waals surface area contributed by atoms with Crippen LogP contribution in [-0.2, 0) is 37.9 Å². The van der Waals surface area contributed by atoms with Crippen LogP contribution < -0.4 is 31.1 Å². The summed E-state index contributed by atoms with van der Waals surface area (Å²) >= 11 is 0. The molecule has 0 bridgehead atoms. The normalized spacial score (nSPS) is 19.0. The Morgan fingerprint density at radius 1 is 0.412 bits per heavy atom. The predicted octanol–water partition coefficient (Wildman–Crippen LogP) is 19.1. The molecule has 0 saturated carbocycles. The van der Waals surface area contributed by atoms with E-state index in [1.807, 2.05) is 12.1 Å². The van der Waals surface area contributed by atoms with E-state index in [0.29, 0.717) is 5.56 Å². The molecule has 0 N–H and O–H groups in total. The molecule has 0 saturated heterocycles. The summed E-state index contributed by atoms with van der Waals surface area (Å²) < 4.78 is 28.2. The third-order valence-electron chi connectivity index (χ3n) is 20.2. The zero-order chi connectivity index (χ0) is 59.1. The summed E-state index contributed by atoms with van der Waals surface area (Å²) in [6, 6.07) is 57.7. The number of rotatable bonds is 5. The lowest BCUT2D eigenvalue weighted by Gasteiger charge is -2.48. The monoisotopic (exact) mass is 1050 g/mol. The van der Waals surface area contributed by atoms with Crippen LogP contribution in [0.3, 0.4) is 0 Å². The van der Waals surface area contributed by atoms with E-state index in [1.165, 1.54) is 66.6 Å². The Bertz CT molecular complexity index is 3920. The highest BCUT2D eigenvalue weighted by Gasteiger charge is 2.48. The van der Waals surface area contributed by atoms with Crippen LogP contribution in [0.4, 0.5) is 51.2 Å². The smallest absolute Gasteiger partial charge is 0.252 e. The van der Waals surface area contributed by atoms with E-state index in [0.717, 1.165) is 82.3 Å². The molecule has 3 aliphatic carbocycles. The van der Waals surface area contributed by atoms with Crippen molar-refractivity contribution >= 4 is 74.3 Å². The van der Waals surface area contributed by atoms with Crippen molar-refractivity contribution in [3.8, 4) is 11.1 Å². The molecular weight excluding hydrogens is 966 g/mol. The molecule has 13 rings (SSSR count). The highest BCUT2D eigenvalue weighted by molar-refractivity contribution is 7.00. The molecule has 0 atom stereocenters. The van der Waals surface area contributed by atoms with Crippen molar-refractivity contribution in [2.75, 3.05) is 14.7 Å². The van der Waals surface area contributed by atoms with Gasteiger partial charge in [0.2, 0.25) is 0 Å². The number of anilines is 9. The Kier molecular flexibility index (Phi) is 10.7. The van der Waals surface area contributed by atoms with Crippen molar-refractivity contribution in [3.05, 3.63) is 202 Å². The number of nitrogens with zero attached hydrogens (tertiary/aromatic N) is 3. The minimum absolute atomic E-state index is 0.0147. The van der Waals surface area contributed by atoms with Gasteiger partial charge in [-0.15, -0.1) is 0 Å². The maximum absolute atomic E-state index is 9.41. The van der Waals surface area contributed by atoms with Crippen molar-refractivity contribution in [1.29, 1.82) is 0 Å². The molecular formula is C76H84BN3. The Labute approximate surface area is 484 Å². The highest BCUT2D eigenvalue weighted by atomic mass is 15.2. The lowest BCUT2D eigenvalue weighted by atomic mass is 9.33. The fraction of sp³-hybridized carbons (Fsp3) is 0.368. The first-order valence-electron chi connectivity index (χ1n) is 31.3. The van der Waals surface area contributed by atoms with Gasteiger partial charge in [0.15, 0.2) is 0 Å². The molecule has 406 valence electrons. The minimum Gasteiger partial charge on any atom is -0.311 e. The molecule has 0 aromatic heterocycles. The standard InChI is InChI=1S/C76H84BN3/c1-47-40-67-69-68(41-47)80(53-31-34-58-60(43-53)73(10,11)37-36-72(58,8)9)66-46-62-61(74(12,13)38-39-75(62,14)15)45-64(66)77(69)63-35-32-54(44-65(63)79(67)52-30-33-56-55-20-18-19-21-57(55)76(16,17)59(56)42-52)78(50-26-22-48(23-27-50)70(2,3)4)51-28-24-49(25-29-51)71(5,6)7/h18-35,40-46H,36-39H2,1-17H3/i1D3. The van der Waals surface area contributed by atoms with Gasteiger partial charge in [0.25, 0.3) is 6.71 Å². The number of hydrogen-bond donors (Lipinski definition) is 0. The summed E-state index contributed by atoms with van der Waals surface area (Å²) in [4.78, 5) is 7.34. The van der Waals surface area contributed by atoms with Gasteiger partial charge in [-0.05, 0) is 221 Å². The number of aryl methyl sites for hydroxylation is 1. The van der Waals surface area contributed by atoms with Crippen molar-refractivity contribution < 1.29 is 4.11 Å². The molecule has 2 heterocycles. The van der Waals surface area contributed by atoms with E-state index in [9.17, 15) is 4.11 Å². The Morgan fingerprint density at radius 2 is 0.875 bits per heavy atom. The highest BCUT2D eigenvalue weighted by Crippen LogP contribution is 2.55. The zero-order valence-electron chi connectivity index (χ0n) is 53.7. The maximum atomic E-state index is 9.41. The molecule has 8 aromatic rings. The second-order valence-corrected chi connectivity index (χ2v) is 29.8.